The van der Waals surface area contributed by atoms with E-state index >= 15 is 0 Å². The summed E-state index contributed by atoms with van der Waals surface area (Å²) in [4.78, 5) is 13.0. The summed E-state index contributed by atoms with van der Waals surface area (Å²) in [5.74, 6) is 1.84. The zero-order chi connectivity index (χ0) is 15.3. The number of rotatable bonds is 9. The fraction of sp³-hybridized carbons (Fsp3) is 0.800. The number of hydrogen-bond acceptors (Lipinski definition) is 6. The summed E-state index contributed by atoms with van der Waals surface area (Å²) < 4.78 is 5.54. The van der Waals surface area contributed by atoms with Gasteiger partial charge in [0.2, 0.25) is 11.9 Å². The van der Waals surface area contributed by atoms with E-state index in [2.05, 4.69) is 46.4 Å². The number of anilines is 2. The lowest BCUT2D eigenvalue weighted by molar-refractivity contribution is 0.292. The first-order chi connectivity index (χ1) is 10.1. The Bertz CT molecular complexity index is 459. The van der Waals surface area contributed by atoms with Gasteiger partial charge in [0.1, 0.15) is 0 Å². The minimum Gasteiger partial charge on any atom is -0.463 e. The highest BCUT2D eigenvalue weighted by atomic mass is 16.5. The van der Waals surface area contributed by atoms with Crippen LogP contribution < -0.4 is 15.4 Å². The Morgan fingerprint density at radius 3 is 2.29 bits per heavy atom. The van der Waals surface area contributed by atoms with Crippen LogP contribution in [0.4, 0.5) is 11.9 Å². The molecular weight excluding hydrogens is 266 g/mol. The van der Waals surface area contributed by atoms with Crippen LogP contribution >= 0.6 is 0 Å². The average molecular weight is 293 g/mol. The molecule has 2 N–H and O–H groups in total. The molecule has 1 aromatic heterocycles. The van der Waals surface area contributed by atoms with E-state index in [-0.39, 0.29) is 0 Å². The Hall–Kier alpha value is -1.59. The van der Waals surface area contributed by atoms with Crippen molar-refractivity contribution in [2.24, 2.45) is 11.3 Å². The van der Waals surface area contributed by atoms with Crippen LogP contribution in [0.1, 0.15) is 47.0 Å². The van der Waals surface area contributed by atoms with Crippen LogP contribution in [0.15, 0.2) is 0 Å². The van der Waals surface area contributed by atoms with Crippen LogP contribution in [0.5, 0.6) is 6.01 Å². The summed E-state index contributed by atoms with van der Waals surface area (Å²) in [6.45, 7) is 10.9. The van der Waals surface area contributed by atoms with Crippen molar-refractivity contribution < 1.29 is 4.74 Å². The monoisotopic (exact) mass is 293 g/mol. The van der Waals surface area contributed by atoms with E-state index in [0.29, 0.717) is 35.8 Å². The highest BCUT2D eigenvalue weighted by Crippen LogP contribution is 2.51. The third-order valence-corrected chi connectivity index (χ3v) is 4.10. The molecule has 0 saturated heterocycles. The van der Waals surface area contributed by atoms with E-state index in [1.54, 1.807) is 0 Å². The van der Waals surface area contributed by atoms with Crippen LogP contribution in [0.2, 0.25) is 0 Å². The topological polar surface area (TPSA) is 72.0 Å². The molecule has 0 radical (unpaired) electrons. The molecule has 0 spiro atoms. The molecule has 0 unspecified atom stereocenters. The van der Waals surface area contributed by atoms with Crippen LogP contribution in [0.3, 0.4) is 0 Å². The quantitative estimate of drug-likeness (QED) is 0.729. The van der Waals surface area contributed by atoms with Crippen molar-refractivity contribution in [3.05, 3.63) is 0 Å². The lowest BCUT2D eigenvalue weighted by atomic mass is 9.92. The molecule has 21 heavy (non-hydrogen) atoms. The lowest BCUT2D eigenvalue weighted by Gasteiger charge is -2.20. The number of nitrogens with one attached hydrogen (secondary N) is 2. The van der Waals surface area contributed by atoms with Crippen molar-refractivity contribution in [2.75, 3.05) is 30.3 Å². The zero-order valence-electron chi connectivity index (χ0n) is 13.6. The second-order valence-corrected chi connectivity index (χ2v) is 6.01. The van der Waals surface area contributed by atoms with E-state index in [4.69, 9.17) is 4.74 Å². The second kappa shape index (κ2) is 6.91. The molecule has 118 valence electrons. The van der Waals surface area contributed by atoms with E-state index in [1.165, 1.54) is 12.8 Å². The second-order valence-electron chi connectivity index (χ2n) is 6.01. The standard InChI is InChI=1S/C15H27N5O/c1-5-9-21-14-19-12(16-6-2)18-13(20-14)17-10-15(7-8-15)11(3)4/h11H,5-10H2,1-4H3,(H2,16,17,18,19,20). The van der Waals surface area contributed by atoms with Gasteiger partial charge in [-0.2, -0.15) is 15.0 Å². The minimum absolute atomic E-state index is 0.389. The Morgan fingerprint density at radius 2 is 1.76 bits per heavy atom. The van der Waals surface area contributed by atoms with Gasteiger partial charge in [0.15, 0.2) is 0 Å². The van der Waals surface area contributed by atoms with E-state index in [1.807, 2.05) is 6.92 Å². The number of ether oxygens (including phenoxy) is 1. The van der Waals surface area contributed by atoms with Crippen LogP contribution in [0, 0.1) is 11.3 Å². The Kier molecular flexibility index (Phi) is 5.20. The fourth-order valence-electron chi connectivity index (χ4n) is 2.30. The number of hydrogen-bond donors (Lipinski definition) is 2. The Morgan fingerprint density at radius 1 is 1.10 bits per heavy atom. The van der Waals surface area contributed by atoms with Crippen molar-refractivity contribution in [2.45, 2.75) is 47.0 Å². The molecule has 0 bridgehead atoms. The highest BCUT2D eigenvalue weighted by Gasteiger charge is 2.45. The van der Waals surface area contributed by atoms with Crippen molar-refractivity contribution in [3.63, 3.8) is 0 Å². The molecule has 1 fully saturated rings. The molecule has 0 aromatic carbocycles. The zero-order valence-corrected chi connectivity index (χ0v) is 13.6. The predicted molar refractivity (Wildman–Crippen MR) is 84.8 cm³/mol. The molecule has 1 heterocycles. The van der Waals surface area contributed by atoms with Crippen LogP contribution in [0.25, 0.3) is 0 Å². The maximum Gasteiger partial charge on any atom is 0.323 e. The van der Waals surface area contributed by atoms with Gasteiger partial charge in [0, 0.05) is 13.1 Å². The van der Waals surface area contributed by atoms with Gasteiger partial charge in [-0.15, -0.1) is 0 Å². The molecule has 1 aliphatic rings. The molecule has 1 saturated carbocycles. The van der Waals surface area contributed by atoms with Gasteiger partial charge in [-0.25, -0.2) is 0 Å². The summed E-state index contributed by atoms with van der Waals surface area (Å²) in [5, 5.41) is 6.48. The molecule has 0 atom stereocenters. The predicted octanol–water partition coefficient (Wildman–Crippen LogP) is 2.94. The van der Waals surface area contributed by atoms with Gasteiger partial charge in [0.05, 0.1) is 6.61 Å². The first-order valence-electron chi connectivity index (χ1n) is 7.96. The molecular formula is C15H27N5O. The van der Waals surface area contributed by atoms with Gasteiger partial charge in [0.25, 0.3) is 0 Å². The third kappa shape index (κ3) is 4.19. The van der Waals surface area contributed by atoms with Crippen molar-refractivity contribution in [3.8, 4) is 6.01 Å². The van der Waals surface area contributed by atoms with Crippen molar-refractivity contribution in [1.82, 2.24) is 15.0 Å². The molecule has 0 amide bonds. The Balaban J connectivity index is 2.04. The summed E-state index contributed by atoms with van der Waals surface area (Å²) in [7, 11) is 0. The number of nitrogens with zero attached hydrogens (tertiary/aromatic N) is 3. The maximum absolute atomic E-state index is 5.54. The molecule has 6 nitrogen and oxygen atoms in total. The lowest BCUT2D eigenvalue weighted by Crippen LogP contribution is -2.22. The van der Waals surface area contributed by atoms with Gasteiger partial charge >= 0.3 is 6.01 Å². The number of aromatic nitrogens is 3. The first-order valence-corrected chi connectivity index (χ1v) is 7.96. The van der Waals surface area contributed by atoms with E-state index in [0.717, 1.165) is 19.5 Å². The van der Waals surface area contributed by atoms with Gasteiger partial charge in [-0.3, -0.25) is 0 Å². The average Bonchev–Trinajstić information content (AvgIpc) is 3.24. The minimum atomic E-state index is 0.389. The van der Waals surface area contributed by atoms with E-state index in [9.17, 15) is 0 Å². The van der Waals surface area contributed by atoms with Gasteiger partial charge in [-0.1, -0.05) is 20.8 Å². The maximum atomic E-state index is 5.54. The summed E-state index contributed by atoms with van der Waals surface area (Å²) in [6.07, 6.45) is 3.49. The van der Waals surface area contributed by atoms with Gasteiger partial charge < -0.3 is 15.4 Å². The van der Waals surface area contributed by atoms with Gasteiger partial charge in [-0.05, 0) is 37.5 Å². The third-order valence-electron chi connectivity index (χ3n) is 4.10. The summed E-state index contributed by atoms with van der Waals surface area (Å²) >= 11 is 0. The first kappa shape index (κ1) is 15.8. The Labute approximate surface area is 127 Å². The van der Waals surface area contributed by atoms with Crippen molar-refractivity contribution >= 4 is 11.9 Å². The SMILES string of the molecule is CCCOc1nc(NCC)nc(NCC2(C(C)C)CC2)n1. The van der Waals surface area contributed by atoms with Crippen LogP contribution in [-0.4, -0.2) is 34.6 Å². The van der Waals surface area contributed by atoms with Crippen molar-refractivity contribution in [1.29, 1.82) is 0 Å². The molecule has 6 heteroatoms. The van der Waals surface area contributed by atoms with E-state index < -0.39 is 0 Å². The normalized spacial score (nSPS) is 15.9. The van der Waals surface area contributed by atoms with Crippen LogP contribution in [-0.2, 0) is 0 Å². The molecule has 1 aromatic rings. The smallest absolute Gasteiger partial charge is 0.323 e. The largest absolute Gasteiger partial charge is 0.463 e. The summed E-state index contributed by atoms with van der Waals surface area (Å²) in [5.41, 5.74) is 0.412. The fourth-order valence-corrected chi connectivity index (χ4v) is 2.30. The highest BCUT2D eigenvalue weighted by molar-refractivity contribution is 5.36. The molecule has 2 rings (SSSR count). The molecule has 1 aliphatic carbocycles. The summed E-state index contributed by atoms with van der Waals surface area (Å²) in [6, 6.07) is 0.389. The molecule has 0 aliphatic heterocycles.